The number of benzene rings is 2. The van der Waals surface area contributed by atoms with E-state index >= 15 is 0 Å². The van der Waals surface area contributed by atoms with Crippen LogP contribution in [0.4, 0.5) is 11.4 Å². The molecule has 5 heteroatoms. The predicted octanol–water partition coefficient (Wildman–Crippen LogP) is 2.82. The zero-order valence-corrected chi connectivity index (χ0v) is 11.6. The number of rotatable bonds is 3. The number of nitrogen functional groups attached to an aromatic ring is 1. The van der Waals surface area contributed by atoms with Gasteiger partial charge in [0.15, 0.2) is 0 Å². The van der Waals surface area contributed by atoms with Crippen LogP contribution in [0, 0.1) is 6.92 Å². The molecule has 0 bridgehead atoms. The van der Waals surface area contributed by atoms with Crippen LogP contribution in [0.5, 0.6) is 5.75 Å². The van der Waals surface area contributed by atoms with Gasteiger partial charge >= 0.3 is 5.97 Å². The lowest BCUT2D eigenvalue weighted by Gasteiger charge is -2.15. The van der Waals surface area contributed by atoms with Gasteiger partial charge < -0.3 is 20.9 Å². The van der Waals surface area contributed by atoms with E-state index in [2.05, 4.69) is 5.32 Å². The van der Waals surface area contributed by atoms with Crippen molar-refractivity contribution in [3.05, 3.63) is 53.1 Å². The van der Waals surface area contributed by atoms with Crippen LogP contribution in [-0.4, -0.2) is 17.7 Å². The molecule has 1 heterocycles. The summed E-state index contributed by atoms with van der Waals surface area (Å²) in [5, 5.41) is 12.5. The molecule has 4 N–H and O–H groups in total. The average molecular weight is 284 g/mol. The maximum Gasteiger partial charge on any atom is 0.337 e. The highest BCUT2D eigenvalue weighted by molar-refractivity contribution is 5.95. The lowest BCUT2D eigenvalue weighted by Crippen LogP contribution is -2.13. The average Bonchev–Trinajstić information content (AvgIpc) is 2.86. The molecule has 3 rings (SSSR count). The standard InChI is InChI=1S/C16H16N2O3/c1-9-6-10(7-12(15(9)17)16(19)20)18-13-8-21-14-5-3-2-4-11(13)14/h2-7,13,18H,8,17H2,1H3,(H,19,20). The first-order chi connectivity index (χ1) is 10.1. The van der Waals surface area contributed by atoms with E-state index in [1.165, 1.54) is 0 Å². The molecule has 1 aliphatic rings. The largest absolute Gasteiger partial charge is 0.491 e. The third-order valence-corrected chi connectivity index (χ3v) is 3.66. The minimum Gasteiger partial charge on any atom is -0.491 e. The fraction of sp³-hybridized carbons (Fsp3) is 0.188. The number of hydrogen-bond acceptors (Lipinski definition) is 4. The van der Waals surface area contributed by atoms with Gasteiger partial charge in [0.25, 0.3) is 0 Å². The van der Waals surface area contributed by atoms with Crippen molar-refractivity contribution in [3.8, 4) is 5.75 Å². The van der Waals surface area contributed by atoms with Gasteiger partial charge in [-0.3, -0.25) is 0 Å². The molecule has 21 heavy (non-hydrogen) atoms. The molecule has 0 amide bonds. The molecule has 0 aromatic heterocycles. The van der Waals surface area contributed by atoms with Gasteiger partial charge in [0.05, 0.1) is 11.6 Å². The number of nitrogens with one attached hydrogen (secondary N) is 1. The Morgan fingerprint density at radius 1 is 1.38 bits per heavy atom. The maximum atomic E-state index is 11.2. The van der Waals surface area contributed by atoms with Crippen LogP contribution in [0.1, 0.15) is 27.5 Å². The molecule has 0 aliphatic carbocycles. The Balaban J connectivity index is 1.91. The van der Waals surface area contributed by atoms with Gasteiger partial charge in [-0.15, -0.1) is 0 Å². The summed E-state index contributed by atoms with van der Waals surface area (Å²) in [6, 6.07) is 11.2. The van der Waals surface area contributed by atoms with Crippen molar-refractivity contribution in [1.82, 2.24) is 0 Å². The van der Waals surface area contributed by atoms with Crippen LogP contribution >= 0.6 is 0 Å². The van der Waals surface area contributed by atoms with E-state index in [0.717, 1.165) is 22.6 Å². The number of anilines is 2. The lowest BCUT2D eigenvalue weighted by molar-refractivity contribution is 0.0698. The number of aryl methyl sites for hydroxylation is 1. The zero-order chi connectivity index (χ0) is 15.0. The Labute approximate surface area is 122 Å². The number of hydrogen-bond donors (Lipinski definition) is 3. The summed E-state index contributed by atoms with van der Waals surface area (Å²) < 4.78 is 5.61. The summed E-state index contributed by atoms with van der Waals surface area (Å²) in [5.74, 6) is -0.164. The molecule has 0 fully saturated rings. The van der Waals surface area contributed by atoms with E-state index in [0.29, 0.717) is 12.3 Å². The van der Waals surface area contributed by atoms with E-state index in [4.69, 9.17) is 10.5 Å². The Morgan fingerprint density at radius 3 is 2.90 bits per heavy atom. The first-order valence-electron chi connectivity index (χ1n) is 6.68. The summed E-state index contributed by atoms with van der Waals surface area (Å²) in [5.41, 5.74) is 8.76. The molecule has 0 saturated heterocycles. The Morgan fingerprint density at radius 2 is 2.14 bits per heavy atom. The van der Waals surface area contributed by atoms with Crippen molar-refractivity contribution >= 4 is 17.3 Å². The molecule has 1 unspecified atom stereocenters. The lowest BCUT2D eigenvalue weighted by atomic mass is 10.0. The van der Waals surface area contributed by atoms with Crippen LogP contribution in [-0.2, 0) is 0 Å². The highest BCUT2D eigenvalue weighted by Gasteiger charge is 2.24. The fourth-order valence-corrected chi connectivity index (χ4v) is 2.54. The summed E-state index contributed by atoms with van der Waals surface area (Å²) in [4.78, 5) is 11.2. The van der Waals surface area contributed by atoms with E-state index in [9.17, 15) is 9.90 Å². The molecule has 1 atom stereocenters. The van der Waals surface area contributed by atoms with E-state index in [-0.39, 0.29) is 11.6 Å². The molecule has 108 valence electrons. The fourth-order valence-electron chi connectivity index (χ4n) is 2.54. The van der Waals surface area contributed by atoms with Crippen LogP contribution in [0.25, 0.3) is 0 Å². The molecule has 5 nitrogen and oxygen atoms in total. The summed E-state index contributed by atoms with van der Waals surface area (Å²) in [7, 11) is 0. The number of nitrogens with two attached hydrogens (primary N) is 1. The minimum atomic E-state index is -1.03. The molecule has 0 saturated carbocycles. The quantitative estimate of drug-likeness (QED) is 0.755. The number of carboxylic acids is 1. The van der Waals surface area contributed by atoms with Gasteiger partial charge in [-0.05, 0) is 30.7 Å². The molecule has 1 aliphatic heterocycles. The monoisotopic (exact) mass is 284 g/mol. The molecular weight excluding hydrogens is 268 g/mol. The number of carboxylic acid groups (broad SMARTS) is 1. The van der Waals surface area contributed by atoms with Gasteiger partial charge in [-0.1, -0.05) is 18.2 Å². The van der Waals surface area contributed by atoms with Crippen molar-refractivity contribution in [2.75, 3.05) is 17.7 Å². The normalized spacial score (nSPS) is 16.1. The van der Waals surface area contributed by atoms with Crippen molar-refractivity contribution in [3.63, 3.8) is 0 Å². The topological polar surface area (TPSA) is 84.6 Å². The second-order valence-corrected chi connectivity index (χ2v) is 5.11. The van der Waals surface area contributed by atoms with Crippen molar-refractivity contribution in [2.45, 2.75) is 13.0 Å². The van der Waals surface area contributed by atoms with Gasteiger partial charge in [0, 0.05) is 16.9 Å². The third-order valence-electron chi connectivity index (χ3n) is 3.66. The Bertz CT molecular complexity index is 713. The highest BCUT2D eigenvalue weighted by atomic mass is 16.5. The van der Waals surface area contributed by atoms with Gasteiger partial charge in [0.1, 0.15) is 12.4 Å². The van der Waals surface area contributed by atoms with Gasteiger partial charge in [0.2, 0.25) is 0 Å². The van der Waals surface area contributed by atoms with E-state index in [1.807, 2.05) is 30.3 Å². The molecule has 2 aromatic carbocycles. The number of ether oxygens (including phenoxy) is 1. The van der Waals surface area contributed by atoms with Gasteiger partial charge in [-0.25, -0.2) is 4.79 Å². The number of para-hydroxylation sites is 1. The zero-order valence-electron chi connectivity index (χ0n) is 11.6. The van der Waals surface area contributed by atoms with Crippen LogP contribution in [0.3, 0.4) is 0 Å². The van der Waals surface area contributed by atoms with Crippen molar-refractivity contribution in [1.29, 1.82) is 0 Å². The van der Waals surface area contributed by atoms with Crippen LogP contribution < -0.4 is 15.8 Å². The van der Waals surface area contributed by atoms with Crippen LogP contribution in [0.2, 0.25) is 0 Å². The summed E-state index contributed by atoms with van der Waals surface area (Å²) in [6.45, 7) is 2.32. The van der Waals surface area contributed by atoms with Crippen LogP contribution in [0.15, 0.2) is 36.4 Å². The molecule has 0 radical (unpaired) electrons. The third kappa shape index (κ3) is 2.38. The second kappa shape index (κ2) is 5.01. The van der Waals surface area contributed by atoms with E-state index in [1.54, 1.807) is 13.0 Å². The summed E-state index contributed by atoms with van der Waals surface area (Å²) >= 11 is 0. The Kier molecular flexibility index (Phi) is 3.17. The van der Waals surface area contributed by atoms with Gasteiger partial charge in [-0.2, -0.15) is 0 Å². The van der Waals surface area contributed by atoms with Crippen molar-refractivity contribution in [2.24, 2.45) is 0 Å². The molecular formula is C16H16N2O3. The number of aromatic carboxylic acids is 1. The Hall–Kier alpha value is -2.69. The van der Waals surface area contributed by atoms with Crippen molar-refractivity contribution < 1.29 is 14.6 Å². The SMILES string of the molecule is Cc1cc(NC2COc3ccccc32)cc(C(=O)O)c1N. The predicted molar refractivity (Wildman–Crippen MR) is 80.9 cm³/mol. The second-order valence-electron chi connectivity index (χ2n) is 5.11. The maximum absolute atomic E-state index is 11.2. The minimum absolute atomic E-state index is 0.00543. The van der Waals surface area contributed by atoms with E-state index < -0.39 is 5.97 Å². The number of fused-ring (bicyclic) bond motifs is 1. The first kappa shape index (κ1) is 13.3. The molecule has 2 aromatic rings. The number of carbonyl (C=O) groups is 1. The first-order valence-corrected chi connectivity index (χ1v) is 6.68. The molecule has 0 spiro atoms. The summed E-state index contributed by atoms with van der Waals surface area (Å²) in [6.07, 6.45) is 0. The highest BCUT2D eigenvalue weighted by Crippen LogP contribution is 2.35. The smallest absolute Gasteiger partial charge is 0.337 e.